The molecule has 1 aromatic heterocycles. The Kier molecular flexibility index (Phi) is 1.07. The monoisotopic (exact) mass is 112 g/mol. The van der Waals surface area contributed by atoms with E-state index in [1.807, 2.05) is 0 Å². The second-order valence-corrected chi connectivity index (χ2v) is 1.34. The Morgan fingerprint density at radius 1 is 1.62 bits per heavy atom. The van der Waals surface area contributed by atoms with Crippen LogP contribution in [-0.4, -0.2) is 10.2 Å². The first-order valence-corrected chi connectivity index (χ1v) is 2.08. The third kappa shape index (κ3) is 0.900. The fourth-order valence-electron chi connectivity index (χ4n) is 0.303. The second-order valence-electron chi connectivity index (χ2n) is 1.34. The van der Waals surface area contributed by atoms with E-state index in [0.29, 0.717) is 5.69 Å². The first-order valence-electron chi connectivity index (χ1n) is 2.08. The van der Waals surface area contributed by atoms with Crippen LogP contribution in [0.2, 0.25) is 0 Å². The van der Waals surface area contributed by atoms with Crippen LogP contribution in [0.3, 0.4) is 0 Å². The minimum absolute atomic E-state index is 0.601. The zero-order chi connectivity index (χ0) is 5.98. The molecule has 4 nitrogen and oxygen atoms in total. The molecule has 0 fully saturated rings. The number of hydrogen-bond donors (Lipinski definition) is 0. The molecule has 8 heavy (non-hydrogen) atoms. The van der Waals surface area contributed by atoms with Crippen molar-refractivity contribution in [3.05, 3.63) is 22.5 Å². The Morgan fingerprint density at radius 3 is 2.75 bits per heavy atom. The highest BCUT2D eigenvalue weighted by atomic mass is 16.4. The SMILES string of the molecule is Cc1coc(=O)nn1. The maximum atomic E-state index is 10.1. The van der Waals surface area contributed by atoms with Crippen molar-refractivity contribution in [3.63, 3.8) is 0 Å². The molecule has 0 aliphatic heterocycles. The zero-order valence-electron chi connectivity index (χ0n) is 4.29. The van der Waals surface area contributed by atoms with Gasteiger partial charge >= 0.3 is 5.76 Å². The lowest BCUT2D eigenvalue weighted by Gasteiger charge is -1.80. The summed E-state index contributed by atoms with van der Waals surface area (Å²) in [6, 6.07) is 0. The molecule has 0 radical (unpaired) electrons. The molecular weight excluding hydrogens is 108 g/mol. The van der Waals surface area contributed by atoms with Gasteiger partial charge in [0.2, 0.25) is 0 Å². The summed E-state index contributed by atoms with van der Waals surface area (Å²) in [5.41, 5.74) is 0.601. The molecule has 0 amide bonds. The minimum Gasteiger partial charge on any atom is -0.414 e. The zero-order valence-corrected chi connectivity index (χ0v) is 4.29. The number of rotatable bonds is 0. The predicted molar refractivity (Wildman–Crippen MR) is 25.3 cm³/mol. The highest BCUT2D eigenvalue weighted by Crippen LogP contribution is 1.78. The third-order valence-electron chi connectivity index (χ3n) is 0.620. The molecule has 0 aliphatic carbocycles. The van der Waals surface area contributed by atoms with Gasteiger partial charge in [-0.05, 0) is 6.92 Å². The van der Waals surface area contributed by atoms with E-state index in [0.717, 1.165) is 0 Å². The van der Waals surface area contributed by atoms with Gasteiger partial charge in [0, 0.05) is 0 Å². The number of nitrogens with zero attached hydrogens (tertiary/aromatic N) is 2. The second kappa shape index (κ2) is 1.73. The summed E-state index contributed by atoms with van der Waals surface area (Å²) < 4.78 is 4.33. The summed E-state index contributed by atoms with van der Waals surface area (Å²) in [5, 5.41) is 6.53. The Morgan fingerprint density at radius 2 is 2.38 bits per heavy atom. The summed E-state index contributed by atoms with van der Waals surface area (Å²) >= 11 is 0. The van der Waals surface area contributed by atoms with Crippen LogP contribution in [0, 0.1) is 6.92 Å². The molecule has 0 aliphatic rings. The Labute approximate surface area is 45.2 Å². The van der Waals surface area contributed by atoms with E-state index in [2.05, 4.69) is 14.6 Å². The van der Waals surface area contributed by atoms with E-state index in [-0.39, 0.29) is 0 Å². The molecule has 1 rings (SSSR count). The van der Waals surface area contributed by atoms with Crippen LogP contribution in [0.4, 0.5) is 0 Å². The maximum absolute atomic E-state index is 10.1. The lowest BCUT2D eigenvalue weighted by Crippen LogP contribution is -2.05. The third-order valence-corrected chi connectivity index (χ3v) is 0.620. The highest BCUT2D eigenvalue weighted by molar-refractivity contribution is 4.80. The highest BCUT2D eigenvalue weighted by Gasteiger charge is 1.84. The Balaban J connectivity index is 3.22. The Bertz CT molecular complexity index is 209. The van der Waals surface area contributed by atoms with E-state index in [1.165, 1.54) is 6.26 Å². The van der Waals surface area contributed by atoms with Crippen molar-refractivity contribution in [2.45, 2.75) is 6.92 Å². The van der Waals surface area contributed by atoms with Crippen molar-refractivity contribution in [2.24, 2.45) is 0 Å². The quantitative estimate of drug-likeness (QED) is 0.464. The summed E-state index contributed by atoms with van der Waals surface area (Å²) in [6.45, 7) is 1.69. The van der Waals surface area contributed by atoms with Crippen LogP contribution >= 0.6 is 0 Å². The van der Waals surface area contributed by atoms with Gasteiger partial charge in [-0.2, -0.15) is 0 Å². The van der Waals surface area contributed by atoms with Gasteiger partial charge in [0.25, 0.3) is 0 Å². The fourth-order valence-corrected chi connectivity index (χ4v) is 0.303. The lowest BCUT2D eigenvalue weighted by molar-refractivity contribution is 0.459. The number of aromatic nitrogens is 2. The van der Waals surface area contributed by atoms with Gasteiger partial charge < -0.3 is 4.42 Å². The normalized spacial score (nSPS) is 9.12. The first kappa shape index (κ1) is 4.96. The van der Waals surface area contributed by atoms with Crippen LogP contribution in [0.1, 0.15) is 5.69 Å². The van der Waals surface area contributed by atoms with E-state index in [9.17, 15) is 4.79 Å². The molecule has 0 N–H and O–H groups in total. The van der Waals surface area contributed by atoms with Gasteiger partial charge in [0.15, 0.2) is 0 Å². The Hall–Kier alpha value is -1.19. The van der Waals surface area contributed by atoms with Gasteiger partial charge in [-0.3, -0.25) is 0 Å². The summed E-state index contributed by atoms with van der Waals surface area (Å²) in [5.74, 6) is -0.657. The molecule has 1 aromatic rings. The molecule has 0 saturated heterocycles. The van der Waals surface area contributed by atoms with E-state index in [4.69, 9.17) is 0 Å². The molecule has 1 heterocycles. The molecule has 0 atom stereocenters. The minimum atomic E-state index is -0.657. The van der Waals surface area contributed by atoms with Crippen molar-refractivity contribution in [3.8, 4) is 0 Å². The van der Waals surface area contributed by atoms with E-state index >= 15 is 0 Å². The van der Waals surface area contributed by atoms with Crippen molar-refractivity contribution < 1.29 is 4.42 Å². The number of hydrogen-bond acceptors (Lipinski definition) is 4. The first-order chi connectivity index (χ1) is 3.79. The molecule has 42 valence electrons. The molecule has 0 aromatic carbocycles. The molecule has 0 bridgehead atoms. The molecular formula is C4H4N2O2. The van der Waals surface area contributed by atoms with Gasteiger partial charge in [0.05, 0.1) is 5.69 Å². The summed E-state index contributed by atoms with van der Waals surface area (Å²) in [7, 11) is 0. The topological polar surface area (TPSA) is 56.0 Å². The average molecular weight is 112 g/mol. The maximum Gasteiger partial charge on any atom is 0.457 e. The fraction of sp³-hybridized carbons (Fsp3) is 0.250. The van der Waals surface area contributed by atoms with E-state index < -0.39 is 5.76 Å². The standard InChI is InChI=1S/C4H4N2O2/c1-3-2-8-4(7)6-5-3/h2H,1H3. The number of aryl methyl sites for hydroxylation is 1. The molecule has 0 spiro atoms. The molecule has 4 heteroatoms. The van der Waals surface area contributed by atoms with Crippen LogP contribution in [0.25, 0.3) is 0 Å². The van der Waals surface area contributed by atoms with E-state index in [1.54, 1.807) is 6.92 Å². The van der Waals surface area contributed by atoms with Crippen LogP contribution in [0.5, 0.6) is 0 Å². The van der Waals surface area contributed by atoms with Crippen molar-refractivity contribution in [1.82, 2.24) is 10.2 Å². The van der Waals surface area contributed by atoms with Crippen LogP contribution in [-0.2, 0) is 0 Å². The lowest BCUT2D eigenvalue weighted by atomic mass is 10.6. The smallest absolute Gasteiger partial charge is 0.414 e. The summed E-state index contributed by atoms with van der Waals surface area (Å²) in [6.07, 6.45) is 1.26. The van der Waals surface area contributed by atoms with Gasteiger partial charge in [0.1, 0.15) is 6.26 Å². The van der Waals surface area contributed by atoms with Crippen molar-refractivity contribution in [1.29, 1.82) is 0 Å². The van der Waals surface area contributed by atoms with Gasteiger partial charge in [-0.15, -0.1) is 5.10 Å². The van der Waals surface area contributed by atoms with Gasteiger partial charge in [-0.25, -0.2) is 4.79 Å². The average Bonchev–Trinajstić information content (AvgIpc) is 1.77. The predicted octanol–water partition coefficient (Wildman–Crippen LogP) is -0.262. The molecule has 0 saturated carbocycles. The molecule has 0 unspecified atom stereocenters. The van der Waals surface area contributed by atoms with Crippen LogP contribution < -0.4 is 5.76 Å². The largest absolute Gasteiger partial charge is 0.457 e. The van der Waals surface area contributed by atoms with Crippen molar-refractivity contribution >= 4 is 0 Å². The van der Waals surface area contributed by atoms with Gasteiger partial charge in [-0.1, -0.05) is 5.10 Å². The van der Waals surface area contributed by atoms with Crippen LogP contribution in [0.15, 0.2) is 15.5 Å². The van der Waals surface area contributed by atoms with Crippen molar-refractivity contribution in [2.75, 3.05) is 0 Å². The summed E-state index contributed by atoms with van der Waals surface area (Å²) in [4.78, 5) is 10.1.